The van der Waals surface area contributed by atoms with Crippen molar-refractivity contribution in [3.05, 3.63) is 63.9 Å². The Balaban J connectivity index is 1.18. The van der Waals surface area contributed by atoms with E-state index >= 15 is 0 Å². The molecule has 7 heterocycles. The summed E-state index contributed by atoms with van der Waals surface area (Å²) < 4.78 is 32.3. The summed E-state index contributed by atoms with van der Waals surface area (Å²) >= 11 is 0. The van der Waals surface area contributed by atoms with Gasteiger partial charge in [0.05, 0.1) is 36.1 Å². The number of aryl methyl sites for hydroxylation is 2. The lowest BCUT2D eigenvalue weighted by atomic mass is 9.56. The van der Waals surface area contributed by atoms with Crippen molar-refractivity contribution in [2.75, 3.05) is 13.2 Å². The zero-order valence-electron chi connectivity index (χ0n) is 53.6. The molecular weight excluding hydrogens is 1180 g/mol. The largest absolute Gasteiger partial charge is 0.472 e. The first-order valence-electron chi connectivity index (χ1n) is 31.1. The van der Waals surface area contributed by atoms with Crippen LogP contribution in [0.2, 0.25) is 0 Å². The zero-order valence-corrected chi connectivity index (χ0v) is 54.5. The van der Waals surface area contributed by atoms with Crippen molar-refractivity contribution in [2.24, 2.45) is 79.7 Å². The number of imidazole rings is 1. The molecule has 0 radical (unpaired) electrons. The molecule has 1 aromatic carbocycles. The van der Waals surface area contributed by atoms with Gasteiger partial charge in [0.15, 0.2) is 6.23 Å². The molecule has 6 aliphatic rings. The molecule has 5 fully saturated rings. The molecule has 5 saturated heterocycles. The van der Waals surface area contributed by atoms with Crippen LogP contribution in [-0.2, 0) is 51.9 Å². The Bertz CT molecular complexity index is 3330. The topological polar surface area (TPSA) is 459 Å². The van der Waals surface area contributed by atoms with Crippen LogP contribution in [0.15, 0.2) is 52.8 Å². The fraction of sp³-hybridized carbons (Fsp3) is 0.677. The van der Waals surface area contributed by atoms with Crippen LogP contribution >= 0.6 is 7.82 Å². The van der Waals surface area contributed by atoms with Crippen LogP contribution in [0.4, 0.5) is 0 Å². The van der Waals surface area contributed by atoms with Gasteiger partial charge in [0, 0.05) is 120 Å². The van der Waals surface area contributed by atoms with Crippen molar-refractivity contribution in [3.8, 4) is 0 Å². The standard InChI is InChI=1S/C62H96N13O14P/c1-29-20-39-40(21-30(29)2)75(28-70-39)57-52(84)53(41(27-76)87-57)89-90(85,86)88-31(3)26-69-49(83)18-19-59(8)37(22-46(66)80)56-62(11)61(10,25-48(68)82)36(14-17-45(65)79)51(74-62)33(5)55-60(9,24-47(67)81)34(12-15-43(63)77)38(71-55)23-42-58(6,7)35(13-16-44(64)78)50(72-42)32(4)54(59)73-56/h20-21,23,28,31,34-38,41,50-53,56-57,71-74,76,84H,12-19,22,24-27H2,1-11H3,(H2,63,77)(H2,64,78)(H2,65,79)(H2,66,80)(H2,67,81)(H2,68,82)(H,69,83)(H,85,86)/b42-23-,54-32-,55-33-/t31-,34-,35-,36-,37+,38?,41-,50?,51?,52-,53-,56-,57+,59-,60+,61+,62+/m1/s1. The van der Waals surface area contributed by atoms with Crippen LogP contribution in [0.3, 0.4) is 0 Å². The average molecular weight is 1280 g/mol. The third kappa shape index (κ3) is 13.2. The summed E-state index contributed by atoms with van der Waals surface area (Å²) in [5.74, 6) is -6.20. The number of phosphoric ester groups is 1. The Morgan fingerprint density at radius 2 is 1.32 bits per heavy atom. The van der Waals surface area contributed by atoms with Gasteiger partial charge >= 0.3 is 7.82 Å². The number of ether oxygens (including phenoxy) is 1. The van der Waals surface area contributed by atoms with Gasteiger partial charge in [-0.25, -0.2) is 9.55 Å². The number of amides is 7. The molecule has 27 nitrogen and oxygen atoms in total. The molecule has 7 amide bonds. The van der Waals surface area contributed by atoms with Gasteiger partial charge in [0.25, 0.3) is 0 Å². The third-order valence-corrected chi connectivity index (χ3v) is 22.8. The Hall–Kier alpha value is -6.45. The second-order valence-electron chi connectivity index (χ2n) is 27.9. The van der Waals surface area contributed by atoms with Gasteiger partial charge in [-0.1, -0.05) is 34.6 Å². The number of nitrogens with zero attached hydrogens (tertiary/aromatic N) is 2. The molecule has 8 rings (SSSR count). The average Bonchev–Trinajstić information content (AvgIpc) is 1.53. The van der Waals surface area contributed by atoms with E-state index < -0.39 is 156 Å². The number of hydrogen-bond acceptors (Lipinski definition) is 18. The number of aliphatic hydroxyl groups excluding tert-OH is 2. The maximum atomic E-state index is 14.4. The summed E-state index contributed by atoms with van der Waals surface area (Å²) in [5, 5.41) is 40.2. The van der Waals surface area contributed by atoms with E-state index in [4.69, 9.17) is 48.2 Å². The summed E-state index contributed by atoms with van der Waals surface area (Å²) in [6, 6.07) is 1.17. The van der Waals surface area contributed by atoms with Crippen LogP contribution in [0, 0.1) is 59.2 Å². The van der Waals surface area contributed by atoms with Gasteiger partial charge < -0.3 is 85.4 Å². The van der Waals surface area contributed by atoms with Gasteiger partial charge in [0.2, 0.25) is 41.4 Å². The van der Waals surface area contributed by atoms with Crippen molar-refractivity contribution in [3.63, 3.8) is 0 Å². The molecule has 18 atom stereocenters. The summed E-state index contributed by atoms with van der Waals surface area (Å²) in [5.41, 5.74) is 37.8. The monoisotopic (exact) mass is 1280 g/mol. The SMILES string of the molecule is C/C1=C2/N[C@H]([C@H](CC(N)=O)[C@@]2(C)CCC(=O)NC[C@@H](C)OP(=O)(O)O[C@H]2[C@@H](O)[C@@H](n3cnc4cc(C)c(C)cc43)O[C@@H]2CO)[C@]2(C)NC(/C(C)=C3\NC(/C=C4\NC1[C@@H](CCC(N)=O)C4(C)C)[C@@H](CCC(N)=O)[C@]3(C)CC(N)=O)[C@@H](CCC(N)=O)[C@]2(C)CC(N)=O. The Morgan fingerprint density at radius 3 is 1.91 bits per heavy atom. The Kier molecular flexibility index (Phi) is 20.0. The summed E-state index contributed by atoms with van der Waals surface area (Å²) in [4.78, 5) is 109. The van der Waals surface area contributed by atoms with Gasteiger partial charge in [-0.3, -0.25) is 42.6 Å². The van der Waals surface area contributed by atoms with E-state index in [-0.39, 0.29) is 76.7 Å². The molecule has 0 saturated carbocycles. The Morgan fingerprint density at radius 1 is 0.744 bits per heavy atom. The molecule has 0 spiro atoms. The van der Waals surface area contributed by atoms with Crippen molar-refractivity contribution < 1.29 is 67.0 Å². The van der Waals surface area contributed by atoms with Crippen molar-refractivity contribution in [1.29, 1.82) is 0 Å². The number of fused-ring (bicyclic) bond motifs is 10. The Labute approximate surface area is 525 Å². The minimum atomic E-state index is -5.05. The smallest absolute Gasteiger partial charge is 0.394 e. The first-order valence-corrected chi connectivity index (χ1v) is 32.6. The van der Waals surface area contributed by atoms with Crippen molar-refractivity contribution in [1.82, 2.24) is 36.1 Å². The number of benzene rings is 1. The van der Waals surface area contributed by atoms with E-state index in [0.29, 0.717) is 28.8 Å². The predicted octanol–water partition coefficient (Wildman–Crippen LogP) is 1.71. The zero-order chi connectivity index (χ0) is 66.7. The number of aromatic nitrogens is 2. The summed E-state index contributed by atoms with van der Waals surface area (Å²) in [7, 11) is -5.05. The number of primary amides is 6. The fourth-order valence-electron chi connectivity index (χ4n) is 16.7. The first-order chi connectivity index (χ1) is 41.8. The third-order valence-electron chi connectivity index (χ3n) is 21.7. The fourth-order valence-corrected chi connectivity index (χ4v) is 17.8. The lowest BCUT2D eigenvalue weighted by molar-refractivity contribution is -0.124. The van der Waals surface area contributed by atoms with Gasteiger partial charge in [0.1, 0.15) is 18.3 Å². The van der Waals surface area contributed by atoms with E-state index in [1.807, 2.05) is 67.5 Å². The number of phosphoric acid groups is 1. The van der Waals surface area contributed by atoms with Crippen LogP contribution < -0.4 is 61.0 Å². The number of nitrogens with two attached hydrogens (primary N) is 6. The number of nitrogens with one attached hydrogen (secondary N) is 5. The molecule has 498 valence electrons. The highest BCUT2D eigenvalue weighted by Gasteiger charge is 2.68. The van der Waals surface area contributed by atoms with E-state index in [2.05, 4.69) is 51.5 Å². The highest BCUT2D eigenvalue weighted by Crippen LogP contribution is 2.62. The van der Waals surface area contributed by atoms with Gasteiger partial charge in [-0.05, 0) is 125 Å². The molecule has 2 aromatic rings. The first kappa shape index (κ1) is 69.4. The van der Waals surface area contributed by atoms with Crippen LogP contribution in [0.5, 0.6) is 0 Å². The second-order valence-corrected chi connectivity index (χ2v) is 29.2. The van der Waals surface area contributed by atoms with Crippen molar-refractivity contribution >= 4 is 60.2 Å². The number of allylic oxidation sites excluding steroid dienone is 3. The van der Waals surface area contributed by atoms with Crippen LogP contribution in [0.25, 0.3) is 11.0 Å². The molecule has 8 bridgehead atoms. The van der Waals surface area contributed by atoms with Crippen LogP contribution in [0.1, 0.15) is 150 Å². The molecule has 0 aliphatic carbocycles. The highest BCUT2D eigenvalue weighted by molar-refractivity contribution is 7.47. The number of carbonyl (C=O) groups excluding carboxylic acids is 7. The number of rotatable bonds is 26. The highest BCUT2D eigenvalue weighted by atomic mass is 31.2. The summed E-state index contributed by atoms with van der Waals surface area (Å²) in [6.45, 7) is 20.1. The number of hydrogen-bond donors (Lipinski definition) is 14. The maximum absolute atomic E-state index is 14.4. The van der Waals surface area contributed by atoms with E-state index in [9.17, 15) is 53.2 Å². The lowest BCUT2D eigenvalue weighted by Crippen LogP contribution is -2.64. The maximum Gasteiger partial charge on any atom is 0.472 e. The summed E-state index contributed by atoms with van der Waals surface area (Å²) in [6.07, 6.45) is -3.15. The normalized spacial score (nSPS) is 36.7. The van der Waals surface area contributed by atoms with Crippen LogP contribution in [-0.4, -0.2) is 133 Å². The van der Waals surface area contributed by atoms with E-state index in [0.717, 1.165) is 28.0 Å². The number of aliphatic hydroxyl groups is 2. The minimum Gasteiger partial charge on any atom is -0.394 e. The quantitative estimate of drug-likeness (QED) is 0.0596. The predicted molar refractivity (Wildman–Crippen MR) is 332 cm³/mol. The van der Waals surface area contributed by atoms with E-state index in [1.54, 1.807) is 4.57 Å². The van der Waals surface area contributed by atoms with Crippen molar-refractivity contribution in [2.45, 2.75) is 207 Å². The molecule has 4 unspecified atom stereocenters. The van der Waals surface area contributed by atoms with Gasteiger partial charge in [-0.15, -0.1) is 0 Å². The second kappa shape index (κ2) is 25.9. The number of carbonyl (C=O) groups is 7. The molecule has 6 aliphatic heterocycles. The van der Waals surface area contributed by atoms with E-state index in [1.165, 1.54) is 13.3 Å². The molecule has 20 N–H and O–H groups in total. The molecule has 28 heteroatoms. The molecule has 90 heavy (non-hydrogen) atoms. The molecular formula is C62H96N13O14P. The minimum absolute atomic E-state index is 0.0183. The lowest BCUT2D eigenvalue weighted by Gasteiger charge is -2.49. The molecule has 1 aromatic heterocycles. The van der Waals surface area contributed by atoms with Gasteiger partial charge in [-0.2, -0.15) is 0 Å².